The number of carbonyl (C=O) groups is 8. The SMILES string of the molecule is C#CCNC(=O)CCC(=O)NCCCC[C@H]1NC(=O)[C@H](CCCC[NH3+])NC(=O)[C@@H](C)NC(=O)[C@H](CCCC[NH3+])NC(=O)[C@@H](C)NC(=O)[C@H](CCCC[NH3+])NC1=O. The molecule has 1 saturated heterocycles. The first-order chi connectivity index (χ1) is 26.8. The van der Waals surface area contributed by atoms with Gasteiger partial charge in [-0.15, -0.1) is 6.42 Å². The molecule has 0 aliphatic carbocycles. The molecule has 19 nitrogen and oxygen atoms in total. The minimum atomic E-state index is -1.13. The molecule has 1 aliphatic rings. The first-order valence-corrected chi connectivity index (χ1v) is 19.9. The highest BCUT2D eigenvalue weighted by molar-refractivity contribution is 5.98. The third-order valence-electron chi connectivity index (χ3n) is 9.22. The maximum Gasteiger partial charge on any atom is 0.243 e. The minimum Gasteiger partial charge on any atom is -0.358 e. The number of amides is 8. The van der Waals surface area contributed by atoms with E-state index < -0.39 is 71.7 Å². The lowest BCUT2D eigenvalue weighted by Gasteiger charge is -2.28. The summed E-state index contributed by atoms with van der Waals surface area (Å²) in [5.74, 6) is -2.11. The molecular weight excluding hydrogens is 726 g/mol. The van der Waals surface area contributed by atoms with Crippen molar-refractivity contribution in [2.45, 2.75) is 140 Å². The van der Waals surface area contributed by atoms with Gasteiger partial charge in [-0.3, -0.25) is 38.4 Å². The fourth-order valence-corrected chi connectivity index (χ4v) is 5.80. The number of rotatable bonds is 21. The van der Waals surface area contributed by atoms with Gasteiger partial charge in [-0.2, -0.15) is 0 Å². The molecule has 0 saturated carbocycles. The van der Waals surface area contributed by atoms with Gasteiger partial charge in [-0.05, 0) is 90.9 Å². The van der Waals surface area contributed by atoms with Crippen LogP contribution in [-0.2, 0) is 38.4 Å². The van der Waals surface area contributed by atoms with Gasteiger partial charge in [0.2, 0.25) is 47.3 Å². The monoisotopic (exact) mass is 795 g/mol. The van der Waals surface area contributed by atoms with Crippen LogP contribution in [-0.4, -0.2) is 116 Å². The lowest BCUT2D eigenvalue weighted by molar-refractivity contribution is -0.368. The van der Waals surface area contributed by atoms with Crippen molar-refractivity contribution in [1.29, 1.82) is 0 Å². The molecule has 0 aromatic rings. The quantitative estimate of drug-likeness (QED) is 0.0394. The van der Waals surface area contributed by atoms with Crippen LogP contribution in [0.1, 0.15) is 104 Å². The molecule has 0 radical (unpaired) electrons. The van der Waals surface area contributed by atoms with Gasteiger partial charge in [0.25, 0.3) is 0 Å². The van der Waals surface area contributed by atoms with Crippen molar-refractivity contribution in [1.82, 2.24) is 42.5 Å². The first-order valence-electron chi connectivity index (χ1n) is 19.9. The summed E-state index contributed by atoms with van der Waals surface area (Å²) in [6, 6.07) is -6.44. The molecule has 316 valence electrons. The number of terminal acetylenes is 1. The van der Waals surface area contributed by atoms with Gasteiger partial charge < -0.3 is 59.7 Å². The fraction of sp³-hybridized carbons (Fsp3) is 0.730. The van der Waals surface area contributed by atoms with E-state index in [-0.39, 0.29) is 63.4 Å². The summed E-state index contributed by atoms with van der Waals surface area (Å²) in [5, 5.41) is 21.5. The summed E-state index contributed by atoms with van der Waals surface area (Å²) in [6.45, 7) is 5.08. The molecule has 0 bridgehead atoms. The van der Waals surface area contributed by atoms with Crippen LogP contribution >= 0.6 is 0 Å². The molecule has 56 heavy (non-hydrogen) atoms. The van der Waals surface area contributed by atoms with Crippen LogP contribution in [0.15, 0.2) is 0 Å². The molecule has 0 spiro atoms. The van der Waals surface area contributed by atoms with E-state index in [0.717, 1.165) is 0 Å². The minimum absolute atomic E-state index is 0.0238. The summed E-state index contributed by atoms with van der Waals surface area (Å²) in [4.78, 5) is 105. The Balaban J connectivity index is 3.35. The van der Waals surface area contributed by atoms with Crippen molar-refractivity contribution in [2.24, 2.45) is 0 Å². The summed E-state index contributed by atoms with van der Waals surface area (Å²) in [6.07, 6.45) is 10.4. The van der Waals surface area contributed by atoms with Crippen LogP contribution in [0, 0.1) is 12.3 Å². The first kappa shape index (κ1) is 49.2. The molecule has 1 fully saturated rings. The second kappa shape index (κ2) is 28.6. The van der Waals surface area contributed by atoms with Gasteiger partial charge in [0, 0.05) is 19.4 Å². The Kier molecular flexibility index (Phi) is 25.1. The molecule has 0 aromatic carbocycles. The number of unbranched alkanes of at least 4 members (excludes halogenated alkanes) is 4. The van der Waals surface area contributed by atoms with Crippen molar-refractivity contribution < 1.29 is 55.6 Å². The smallest absolute Gasteiger partial charge is 0.243 e. The number of hydrogen-bond acceptors (Lipinski definition) is 8. The van der Waals surface area contributed by atoms with Gasteiger partial charge >= 0.3 is 0 Å². The number of carbonyl (C=O) groups excluding carboxylic acids is 8. The van der Waals surface area contributed by atoms with E-state index in [1.54, 1.807) is 0 Å². The fourth-order valence-electron chi connectivity index (χ4n) is 5.80. The van der Waals surface area contributed by atoms with E-state index in [0.29, 0.717) is 71.0 Å². The average molecular weight is 795 g/mol. The molecule has 0 aromatic heterocycles. The van der Waals surface area contributed by atoms with E-state index in [1.807, 2.05) is 0 Å². The Bertz CT molecular complexity index is 1330. The zero-order chi connectivity index (χ0) is 41.9. The maximum absolute atomic E-state index is 13.9. The highest BCUT2D eigenvalue weighted by Gasteiger charge is 2.33. The zero-order valence-electron chi connectivity index (χ0n) is 33.4. The summed E-state index contributed by atoms with van der Waals surface area (Å²) in [5.41, 5.74) is 11.5. The average Bonchev–Trinajstić information content (AvgIpc) is 3.16. The second-order valence-electron chi connectivity index (χ2n) is 14.1. The van der Waals surface area contributed by atoms with Crippen LogP contribution < -0.4 is 59.7 Å². The predicted molar refractivity (Wildman–Crippen MR) is 206 cm³/mol. The second-order valence-corrected chi connectivity index (χ2v) is 14.1. The standard InChI is InChI=1S/C37H65N11O8/c1-4-22-41-30(49)17-18-31(50)42-23-12-8-16-29-37(56)47-27(14-6-10-20-39)35(54)44-24(2)32(51)45-26(13-5-9-19-38)34(53)43-25(3)33(52)46-28(36(55)48-29)15-7-11-21-40/h1,24-29H,5-23,38-40H2,2-3H3,(H,41,49)(H,42,50)(H,43,53)(H,44,54)(H,45,51)(H,46,52)(H,47,56)(H,48,55)/p+3/t24-,25-,26+,27+,28+,29-/m1/s1. The Morgan fingerprint density at radius 1 is 0.518 bits per heavy atom. The van der Waals surface area contributed by atoms with Crippen LogP contribution in [0.5, 0.6) is 0 Å². The summed E-state index contributed by atoms with van der Waals surface area (Å²) in [7, 11) is 0. The van der Waals surface area contributed by atoms with Gasteiger partial charge in [0.15, 0.2) is 0 Å². The summed E-state index contributed by atoms with van der Waals surface area (Å²) < 4.78 is 0. The van der Waals surface area contributed by atoms with Gasteiger partial charge in [-0.1, -0.05) is 5.92 Å². The Morgan fingerprint density at radius 3 is 1.20 bits per heavy atom. The largest absolute Gasteiger partial charge is 0.358 e. The molecular formula is C37H68N11O8+3. The molecule has 6 atom stereocenters. The normalized spacial score (nSPS) is 22.8. The number of nitrogens with one attached hydrogen (secondary N) is 8. The van der Waals surface area contributed by atoms with Crippen LogP contribution in [0.4, 0.5) is 0 Å². The van der Waals surface area contributed by atoms with Gasteiger partial charge in [0.1, 0.15) is 36.3 Å². The molecule has 17 N–H and O–H groups in total. The Labute approximate surface area is 330 Å². The zero-order valence-corrected chi connectivity index (χ0v) is 33.4. The molecule has 1 rings (SSSR count). The van der Waals surface area contributed by atoms with E-state index in [1.165, 1.54) is 13.8 Å². The predicted octanol–water partition coefficient (Wildman–Crippen LogP) is -5.00. The highest BCUT2D eigenvalue weighted by Crippen LogP contribution is 2.10. The van der Waals surface area contributed by atoms with E-state index in [9.17, 15) is 38.4 Å². The van der Waals surface area contributed by atoms with E-state index in [4.69, 9.17) is 6.42 Å². The van der Waals surface area contributed by atoms with Gasteiger partial charge in [0.05, 0.1) is 26.2 Å². The number of hydrogen-bond donors (Lipinski definition) is 11. The third-order valence-corrected chi connectivity index (χ3v) is 9.22. The van der Waals surface area contributed by atoms with Crippen molar-refractivity contribution in [3.05, 3.63) is 0 Å². The lowest BCUT2D eigenvalue weighted by atomic mass is 10.0. The third kappa shape index (κ3) is 20.2. The van der Waals surface area contributed by atoms with E-state index in [2.05, 4.69) is 65.7 Å². The van der Waals surface area contributed by atoms with Crippen molar-refractivity contribution in [2.75, 3.05) is 32.7 Å². The van der Waals surface area contributed by atoms with Crippen LogP contribution in [0.25, 0.3) is 0 Å². The highest BCUT2D eigenvalue weighted by atomic mass is 16.2. The molecule has 1 aliphatic heterocycles. The molecule has 0 unspecified atom stereocenters. The van der Waals surface area contributed by atoms with E-state index >= 15 is 0 Å². The van der Waals surface area contributed by atoms with Crippen molar-refractivity contribution >= 4 is 47.3 Å². The topological polar surface area (TPSA) is 316 Å². The Morgan fingerprint density at radius 2 is 0.839 bits per heavy atom. The van der Waals surface area contributed by atoms with Crippen LogP contribution in [0.3, 0.4) is 0 Å². The van der Waals surface area contributed by atoms with Crippen LogP contribution in [0.2, 0.25) is 0 Å². The lowest BCUT2D eigenvalue weighted by Crippen LogP contribution is -2.61. The van der Waals surface area contributed by atoms with Gasteiger partial charge in [-0.25, -0.2) is 0 Å². The van der Waals surface area contributed by atoms with Crippen molar-refractivity contribution in [3.63, 3.8) is 0 Å². The Hall–Kier alpha value is -4.80. The number of quaternary nitrogens is 3. The molecule has 19 heteroatoms. The molecule has 1 heterocycles. The molecule has 8 amide bonds. The summed E-state index contributed by atoms with van der Waals surface area (Å²) >= 11 is 0. The van der Waals surface area contributed by atoms with Crippen molar-refractivity contribution in [3.8, 4) is 12.3 Å². The maximum atomic E-state index is 13.9.